The van der Waals surface area contributed by atoms with Crippen molar-refractivity contribution >= 4 is 28.0 Å². The van der Waals surface area contributed by atoms with E-state index in [0.717, 1.165) is 34.0 Å². The lowest BCUT2D eigenvalue weighted by Crippen LogP contribution is -2.08. The molecule has 0 saturated heterocycles. The number of carbonyl (C=O) groups excluding carboxylic acids is 1. The molecule has 1 atom stereocenters. The van der Waals surface area contributed by atoms with E-state index >= 15 is 0 Å². The minimum Gasteiger partial charge on any atom is -0.287 e. The van der Waals surface area contributed by atoms with Crippen molar-refractivity contribution in [3.63, 3.8) is 0 Å². The molecule has 0 bridgehead atoms. The average molecular weight is 341 g/mol. The smallest absolute Gasteiger partial charge is 0.212 e. The highest BCUT2D eigenvalue weighted by Gasteiger charge is 2.28. The van der Waals surface area contributed by atoms with Gasteiger partial charge < -0.3 is 0 Å². The lowest BCUT2D eigenvalue weighted by Gasteiger charge is -2.12. The fraction of sp³-hybridized carbons (Fsp3) is 0.250. The molecule has 0 aromatic heterocycles. The second-order valence-electron chi connectivity index (χ2n) is 7.23. The van der Waals surface area contributed by atoms with Crippen LogP contribution in [0.25, 0.3) is 10.8 Å². The van der Waals surface area contributed by atoms with Gasteiger partial charge in [0.15, 0.2) is 0 Å². The van der Waals surface area contributed by atoms with E-state index in [4.69, 9.17) is 4.99 Å². The van der Waals surface area contributed by atoms with Gasteiger partial charge in [0.05, 0.1) is 5.69 Å². The zero-order valence-corrected chi connectivity index (χ0v) is 15.3. The van der Waals surface area contributed by atoms with Crippen molar-refractivity contribution in [2.24, 2.45) is 10.9 Å². The number of benzene rings is 3. The van der Waals surface area contributed by atoms with Gasteiger partial charge in [-0.05, 0) is 29.4 Å². The standard InChI is InChI=1S/C24H23NO/c1-3-8-16(2)15-18-9-4-5-14-21(18)25-23-19-12-6-10-17-11-7-13-20(22(17)19)24(23)26/h4-7,9-14,16H,3,8,15H2,1-2H3/b25-23+. The summed E-state index contributed by atoms with van der Waals surface area (Å²) >= 11 is 0. The molecule has 0 radical (unpaired) electrons. The number of para-hydroxylation sites is 1. The Morgan fingerprint density at radius 3 is 2.42 bits per heavy atom. The Labute approximate surface area is 154 Å². The molecule has 130 valence electrons. The Bertz CT molecular complexity index is 1010. The van der Waals surface area contributed by atoms with Crippen LogP contribution in [-0.4, -0.2) is 11.5 Å². The largest absolute Gasteiger partial charge is 0.287 e. The van der Waals surface area contributed by atoms with Crippen LogP contribution in [0.1, 0.15) is 48.2 Å². The summed E-state index contributed by atoms with van der Waals surface area (Å²) in [4.78, 5) is 17.8. The Balaban J connectivity index is 1.79. The minimum absolute atomic E-state index is 0.0354. The third-order valence-electron chi connectivity index (χ3n) is 5.19. The van der Waals surface area contributed by atoms with Gasteiger partial charge in [0.1, 0.15) is 5.71 Å². The van der Waals surface area contributed by atoms with Gasteiger partial charge in [-0.25, -0.2) is 4.99 Å². The zero-order valence-electron chi connectivity index (χ0n) is 15.3. The van der Waals surface area contributed by atoms with Gasteiger partial charge in [0.25, 0.3) is 0 Å². The van der Waals surface area contributed by atoms with Crippen molar-refractivity contribution in [2.75, 3.05) is 0 Å². The molecule has 0 N–H and O–H groups in total. The van der Waals surface area contributed by atoms with E-state index in [1.54, 1.807) is 0 Å². The van der Waals surface area contributed by atoms with Crippen LogP contribution in [0.5, 0.6) is 0 Å². The topological polar surface area (TPSA) is 29.4 Å². The Kier molecular flexibility index (Phi) is 4.42. The second-order valence-corrected chi connectivity index (χ2v) is 7.23. The molecule has 0 heterocycles. The maximum Gasteiger partial charge on any atom is 0.212 e. The molecule has 0 amide bonds. The number of nitrogens with zero attached hydrogens (tertiary/aromatic N) is 1. The summed E-state index contributed by atoms with van der Waals surface area (Å²) in [5, 5.41) is 2.14. The quantitative estimate of drug-likeness (QED) is 0.548. The first-order valence-electron chi connectivity index (χ1n) is 9.42. The highest BCUT2D eigenvalue weighted by molar-refractivity contribution is 6.59. The molecule has 1 aliphatic carbocycles. The van der Waals surface area contributed by atoms with E-state index in [1.165, 1.54) is 18.4 Å². The Morgan fingerprint density at radius 1 is 0.923 bits per heavy atom. The fourth-order valence-electron chi connectivity index (χ4n) is 3.97. The van der Waals surface area contributed by atoms with E-state index in [-0.39, 0.29) is 5.78 Å². The monoisotopic (exact) mass is 341 g/mol. The summed E-state index contributed by atoms with van der Waals surface area (Å²) in [6.45, 7) is 4.50. The van der Waals surface area contributed by atoms with Crippen LogP contribution in [0.2, 0.25) is 0 Å². The maximum atomic E-state index is 13.0. The summed E-state index contributed by atoms with van der Waals surface area (Å²) < 4.78 is 0. The molecule has 1 unspecified atom stereocenters. The van der Waals surface area contributed by atoms with E-state index in [1.807, 2.05) is 36.4 Å². The van der Waals surface area contributed by atoms with E-state index in [2.05, 4.69) is 38.1 Å². The van der Waals surface area contributed by atoms with Crippen LogP contribution in [-0.2, 0) is 6.42 Å². The summed E-state index contributed by atoms with van der Waals surface area (Å²) in [7, 11) is 0. The van der Waals surface area contributed by atoms with Crippen LogP contribution < -0.4 is 0 Å². The Hall–Kier alpha value is -2.74. The first kappa shape index (κ1) is 16.7. The van der Waals surface area contributed by atoms with Gasteiger partial charge >= 0.3 is 0 Å². The molecule has 0 saturated carbocycles. The normalized spacial score (nSPS) is 15.8. The number of carbonyl (C=O) groups is 1. The first-order valence-corrected chi connectivity index (χ1v) is 9.42. The van der Waals surface area contributed by atoms with Crippen LogP contribution in [0.15, 0.2) is 65.7 Å². The van der Waals surface area contributed by atoms with Crippen LogP contribution in [0.3, 0.4) is 0 Å². The van der Waals surface area contributed by atoms with Crippen LogP contribution >= 0.6 is 0 Å². The third kappa shape index (κ3) is 2.86. The predicted molar refractivity (Wildman–Crippen MR) is 109 cm³/mol. The molecule has 0 spiro atoms. The minimum atomic E-state index is 0.0354. The fourth-order valence-corrected chi connectivity index (χ4v) is 3.97. The molecule has 26 heavy (non-hydrogen) atoms. The van der Waals surface area contributed by atoms with Crippen molar-refractivity contribution in [2.45, 2.75) is 33.1 Å². The number of aliphatic imine (C=N–C) groups is 1. The maximum absolute atomic E-state index is 13.0. The Morgan fingerprint density at radius 2 is 1.65 bits per heavy atom. The average Bonchev–Trinajstić information content (AvgIpc) is 2.92. The van der Waals surface area contributed by atoms with E-state index in [0.29, 0.717) is 11.6 Å². The molecule has 3 aromatic carbocycles. The van der Waals surface area contributed by atoms with E-state index in [9.17, 15) is 4.79 Å². The van der Waals surface area contributed by atoms with Gasteiger partial charge in [0.2, 0.25) is 5.78 Å². The van der Waals surface area contributed by atoms with E-state index < -0.39 is 0 Å². The van der Waals surface area contributed by atoms with Crippen molar-refractivity contribution in [1.82, 2.24) is 0 Å². The van der Waals surface area contributed by atoms with Crippen molar-refractivity contribution < 1.29 is 4.79 Å². The highest BCUT2D eigenvalue weighted by Crippen LogP contribution is 2.33. The number of hydrogen-bond acceptors (Lipinski definition) is 2. The van der Waals surface area contributed by atoms with Gasteiger partial charge in [-0.1, -0.05) is 81.3 Å². The van der Waals surface area contributed by atoms with Crippen LogP contribution in [0.4, 0.5) is 5.69 Å². The SMILES string of the molecule is CCCC(C)Cc1ccccc1/N=C1/C(=O)c2cccc3cccc1c23. The lowest BCUT2D eigenvalue weighted by atomic mass is 9.96. The number of hydrogen-bond donors (Lipinski definition) is 0. The summed E-state index contributed by atoms with van der Waals surface area (Å²) in [6, 6.07) is 20.2. The van der Waals surface area contributed by atoms with Crippen molar-refractivity contribution in [1.29, 1.82) is 0 Å². The molecule has 2 heteroatoms. The number of Topliss-reactive ketones (excluding diaryl/α,β-unsaturated/α-hetero) is 1. The molecule has 2 nitrogen and oxygen atoms in total. The molecule has 0 aliphatic heterocycles. The van der Waals surface area contributed by atoms with Gasteiger partial charge in [-0.3, -0.25) is 4.79 Å². The highest BCUT2D eigenvalue weighted by atomic mass is 16.1. The van der Waals surface area contributed by atoms with Gasteiger partial charge in [-0.2, -0.15) is 0 Å². The molecular weight excluding hydrogens is 318 g/mol. The number of ketones is 1. The van der Waals surface area contributed by atoms with Crippen LogP contribution in [0, 0.1) is 5.92 Å². The first-order chi connectivity index (χ1) is 12.7. The summed E-state index contributed by atoms with van der Waals surface area (Å²) in [5.74, 6) is 0.648. The lowest BCUT2D eigenvalue weighted by molar-refractivity contribution is 0.107. The predicted octanol–water partition coefficient (Wildman–Crippen LogP) is 6.14. The molecule has 3 aromatic rings. The van der Waals surface area contributed by atoms with Gasteiger partial charge in [-0.15, -0.1) is 0 Å². The summed E-state index contributed by atoms with van der Waals surface area (Å²) in [6.07, 6.45) is 3.38. The molecule has 1 aliphatic rings. The molecule has 4 rings (SSSR count). The molecular formula is C24H23NO. The zero-order chi connectivity index (χ0) is 18.1. The van der Waals surface area contributed by atoms with Crippen molar-refractivity contribution in [3.05, 3.63) is 77.4 Å². The summed E-state index contributed by atoms with van der Waals surface area (Å²) in [5.41, 5.74) is 4.45. The van der Waals surface area contributed by atoms with Crippen molar-refractivity contribution in [3.8, 4) is 0 Å². The second kappa shape index (κ2) is 6.87. The van der Waals surface area contributed by atoms with Gasteiger partial charge in [0, 0.05) is 16.5 Å². The molecule has 0 fully saturated rings. The number of rotatable bonds is 5. The third-order valence-corrected chi connectivity index (χ3v) is 5.19.